The van der Waals surface area contributed by atoms with Crippen LogP contribution in [-0.4, -0.2) is 35.0 Å². The first-order chi connectivity index (χ1) is 10.1. The molecule has 1 aromatic rings. The number of benzene rings is 1. The molecule has 1 amide bonds. The number of carbonyl (C=O) groups is 2. The summed E-state index contributed by atoms with van der Waals surface area (Å²) < 4.78 is 0. The zero-order valence-corrected chi connectivity index (χ0v) is 12.1. The lowest BCUT2D eigenvalue weighted by atomic mass is 9.93. The van der Waals surface area contributed by atoms with Crippen LogP contribution in [0.5, 0.6) is 0 Å². The van der Waals surface area contributed by atoms with Gasteiger partial charge >= 0.3 is 5.97 Å². The van der Waals surface area contributed by atoms with Crippen molar-refractivity contribution in [3.05, 3.63) is 35.4 Å². The zero-order valence-electron chi connectivity index (χ0n) is 12.1. The molecule has 1 aliphatic heterocycles. The Morgan fingerprint density at radius 1 is 1.19 bits per heavy atom. The predicted molar refractivity (Wildman–Crippen MR) is 78.9 cm³/mol. The molecule has 4 nitrogen and oxygen atoms in total. The summed E-state index contributed by atoms with van der Waals surface area (Å²) in [5.41, 5.74) is 2.57. The fraction of sp³-hybridized carbons (Fsp3) is 0.529. The minimum absolute atomic E-state index is 0.0472. The second kappa shape index (κ2) is 5.88. The zero-order chi connectivity index (χ0) is 14.8. The average Bonchev–Trinajstić information content (AvgIpc) is 2.90. The van der Waals surface area contributed by atoms with Crippen molar-refractivity contribution in [1.82, 2.24) is 4.90 Å². The summed E-state index contributed by atoms with van der Waals surface area (Å²) in [7, 11) is 0. The number of likely N-dealkylation sites (tertiary alicyclic amines) is 1. The number of amides is 1. The molecule has 21 heavy (non-hydrogen) atoms. The molecule has 4 heteroatoms. The largest absolute Gasteiger partial charge is 0.481 e. The molecule has 3 rings (SSSR count). The molecule has 1 heterocycles. The van der Waals surface area contributed by atoms with E-state index >= 15 is 0 Å². The van der Waals surface area contributed by atoms with Crippen LogP contribution in [0.25, 0.3) is 0 Å². The van der Waals surface area contributed by atoms with E-state index in [0.717, 1.165) is 32.2 Å². The molecular formula is C17H21NO3. The smallest absolute Gasteiger partial charge is 0.303 e. The molecule has 0 radical (unpaired) electrons. The number of aliphatic carboxylic acids is 1. The van der Waals surface area contributed by atoms with E-state index in [1.165, 1.54) is 11.1 Å². The molecule has 0 saturated carbocycles. The van der Waals surface area contributed by atoms with Crippen LogP contribution in [0, 0.1) is 11.8 Å². The molecule has 1 unspecified atom stereocenters. The Labute approximate surface area is 124 Å². The SMILES string of the molecule is O=C(O)CC1CCCN(C(=O)C2Cc3ccccc3C2)C1. The van der Waals surface area contributed by atoms with E-state index in [-0.39, 0.29) is 24.2 Å². The van der Waals surface area contributed by atoms with Crippen LogP contribution in [0.1, 0.15) is 30.4 Å². The van der Waals surface area contributed by atoms with Crippen molar-refractivity contribution in [3.63, 3.8) is 0 Å². The molecule has 1 saturated heterocycles. The maximum atomic E-state index is 12.7. The minimum atomic E-state index is -0.762. The Bertz CT molecular complexity index is 530. The van der Waals surface area contributed by atoms with Crippen molar-refractivity contribution in [3.8, 4) is 0 Å². The van der Waals surface area contributed by atoms with E-state index in [9.17, 15) is 9.59 Å². The van der Waals surface area contributed by atoms with Crippen molar-refractivity contribution in [1.29, 1.82) is 0 Å². The summed E-state index contributed by atoms with van der Waals surface area (Å²) in [6, 6.07) is 8.25. The average molecular weight is 287 g/mol. The number of rotatable bonds is 3. The van der Waals surface area contributed by atoms with Gasteiger partial charge in [-0.3, -0.25) is 9.59 Å². The fourth-order valence-corrected chi connectivity index (χ4v) is 3.67. The summed E-state index contributed by atoms with van der Waals surface area (Å²) in [4.78, 5) is 25.4. The van der Waals surface area contributed by atoms with Crippen LogP contribution < -0.4 is 0 Å². The normalized spacial score (nSPS) is 22.1. The lowest BCUT2D eigenvalue weighted by Gasteiger charge is -2.33. The van der Waals surface area contributed by atoms with E-state index in [1.807, 2.05) is 17.0 Å². The van der Waals surface area contributed by atoms with Crippen LogP contribution in [-0.2, 0) is 22.4 Å². The van der Waals surface area contributed by atoms with E-state index in [1.54, 1.807) is 0 Å². The van der Waals surface area contributed by atoms with Crippen LogP contribution in [0.4, 0.5) is 0 Å². The first-order valence-electron chi connectivity index (χ1n) is 7.71. The predicted octanol–water partition coefficient (Wildman–Crippen LogP) is 2.11. The van der Waals surface area contributed by atoms with Gasteiger partial charge in [-0.2, -0.15) is 0 Å². The number of fused-ring (bicyclic) bond motifs is 1. The lowest BCUT2D eigenvalue weighted by molar-refractivity contribution is -0.142. The highest BCUT2D eigenvalue weighted by molar-refractivity contribution is 5.80. The summed E-state index contributed by atoms with van der Waals surface area (Å²) in [5, 5.41) is 8.92. The van der Waals surface area contributed by atoms with Gasteiger partial charge in [-0.15, -0.1) is 0 Å². The third-order valence-electron chi connectivity index (χ3n) is 4.69. The van der Waals surface area contributed by atoms with Gasteiger partial charge in [0, 0.05) is 25.4 Å². The monoisotopic (exact) mass is 287 g/mol. The van der Waals surface area contributed by atoms with Gasteiger partial charge in [-0.1, -0.05) is 24.3 Å². The Balaban J connectivity index is 1.62. The van der Waals surface area contributed by atoms with Crippen molar-refractivity contribution >= 4 is 11.9 Å². The van der Waals surface area contributed by atoms with E-state index < -0.39 is 5.97 Å². The van der Waals surface area contributed by atoms with Gasteiger partial charge in [0.15, 0.2) is 0 Å². The van der Waals surface area contributed by atoms with Crippen LogP contribution in [0.2, 0.25) is 0 Å². The summed E-state index contributed by atoms with van der Waals surface area (Å²) in [6.45, 7) is 1.39. The highest BCUT2D eigenvalue weighted by Gasteiger charge is 2.33. The summed E-state index contributed by atoms with van der Waals surface area (Å²) in [6.07, 6.45) is 3.67. The summed E-state index contributed by atoms with van der Waals surface area (Å²) in [5.74, 6) is -0.390. The Kier molecular flexibility index (Phi) is 3.95. The molecule has 1 fully saturated rings. The second-order valence-electron chi connectivity index (χ2n) is 6.26. The van der Waals surface area contributed by atoms with Crippen molar-refractivity contribution in [2.75, 3.05) is 13.1 Å². The van der Waals surface area contributed by atoms with Crippen LogP contribution in [0.3, 0.4) is 0 Å². The fourth-order valence-electron chi connectivity index (χ4n) is 3.67. The Morgan fingerprint density at radius 2 is 1.86 bits per heavy atom. The molecule has 112 valence electrons. The van der Waals surface area contributed by atoms with Gasteiger partial charge in [-0.05, 0) is 42.7 Å². The van der Waals surface area contributed by atoms with Crippen LogP contribution in [0.15, 0.2) is 24.3 Å². The molecular weight excluding hydrogens is 266 g/mol. The van der Waals surface area contributed by atoms with Crippen LogP contribution >= 0.6 is 0 Å². The maximum absolute atomic E-state index is 12.7. The minimum Gasteiger partial charge on any atom is -0.481 e. The second-order valence-corrected chi connectivity index (χ2v) is 6.26. The molecule has 1 atom stereocenters. The van der Waals surface area contributed by atoms with E-state index in [2.05, 4.69) is 12.1 Å². The van der Waals surface area contributed by atoms with E-state index in [4.69, 9.17) is 5.11 Å². The number of hydrogen-bond donors (Lipinski definition) is 1. The molecule has 1 aromatic carbocycles. The van der Waals surface area contributed by atoms with Gasteiger partial charge < -0.3 is 10.0 Å². The third-order valence-corrected chi connectivity index (χ3v) is 4.69. The first kappa shape index (κ1) is 14.1. The Morgan fingerprint density at radius 3 is 2.48 bits per heavy atom. The lowest BCUT2D eigenvalue weighted by Crippen LogP contribution is -2.43. The Hall–Kier alpha value is -1.84. The summed E-state index contributed by atoms with van der Waals surface area (Å²) >= 11 is 0. The van der Waals surface area contributed by atoms with E-state index in [0.29, 0.717) is 6.54 Å². The number of nitrogens with zero attached hydrogens (tertiary/aromatic N) is 1. The number of carboxylic acid groups (broad SMARTS) is 1. The standard InChI is InChI=1S/C17H21NO3/c19-16(20)8-12-4-3-7-18(11-12)17(21)15-9-13-5-1-2-6-14(13)10-15/h1-2,5-6,12,15H,3-4,7-11H2,(H,19,20). The molecule has 2 aliphatic rings. The van der Waals surface area contributed by atoms with Crippen molar-refractivity contribution in [2.45, 2.75) is 32.1 Å². The van der Waals surface area contributed by atoms with Gasteiger partial charge in [0.25, 0.3) is 0 Å². The topological polar surface area (TPSA) is 57.6 Å². The number of hydrogen-bond acceptors (Lipinski definition) is 2. The van der Waals surface area contributed by atoms with Gasteiger partial charge in [0.2, 0.25) is 5.91 Å². The molecule has 1 N–H and O–H groups in total. The van der Waals surface area contributed by atoms with Crippen molar-refractivity contribution in [2.24, 2.45) is 11.8 Å². The molecule has 1 aliphatic carbocycles. The number of piperidine rings is 1. The highest BCUT2D eigenvalue weighted by Crippen LogP contribution is 2.29. The van der Waals surface area contributed by atoms with Gasteiger partial charge in [0.1, 0.15) is 0 Å². The van der Waals surface area contributed by atoms with Gasteiger partial charge in [-0.25, -0.2) is 0 Å². The molecule has 0 aromatic heterocycles. The van der Waals surface area contributed by atoms with Crippen molar-refractivity contribution < 1.29 is 14.7 Å². The number of carboxylic acids is 1. The highest BCUT2D eigenvalue weighted by atomic mass is 16.4. The molecule has 0 bridgehead atoms. The third kappa shape index (κ3) is 3.09. The first-order valence-corrected chi connectivity index (χ1v) is 7.71. The molecule has 0 spiro atoms. The maximum Gasteiger partial charge on any atom is 0.303 e. The number of carbonyl (C=O) groups excluding carboxylic acids is 1. The van der Waals surface area contributed by atoms with Gasteiger partial charge in [0.05, 0.1) is 0 Å². The quantitative estimate of drug-likeness (QED) is 0.926.